The van der Waals surface area contributed by atoms with Crippen molar-refractivity contribution in [3.8, 4) is 0 Å². The Hall–Kier alpha value is -2.78. The number of nitrogens with one attached hydrogen (secondary N) is 1. The highest BCUT2D eigenvalue weighted by atomic mass is 35.5. The lowest BCUT2D eigenvalue weighted by atomic mass is 10.1. The number of benzene rings is 3. The van der Waals surface area contributed by atoms with Gasteiger partial charge in [-0.2, -0.15) is 0 Å². The third kappa shape index (κ3) is 7.88. The average molecular weight is 611 g/mol. The fraction of sp³-hybridized carbons (Fsp3) is 0.286. The number of hydrogen-bond acceptors (Lipinski definition) is 4. The molecule has 2 atom stereocenters. The van der Waals surface area contributed by atoms with Crippen molar-refractivity contribution >= 4 is 62.3 Å². The van der Waals surface area contributed by atoms with E-state index in [1.807, 2.05) is 13.8 Å². The molecule has 2 amide bonds. The Morgan fingerprint density at radius 3 is 2.21 bits per heavy atom. The molecule has 1 N–H and O–H groups in total. The van der Waals surface area contributed by atoms with E-state index in [-0.39, 0.29) is 39.1 Å². The molecule has 0 aliphatic heterocycles. The van der Waals surface area contributed by atoms with Crippen LogP contribution in [-0.4, -0.2) is 43.8 Å². The number of anilines is 1. The summed E-state index contributed by atoms with van der Waals surface area (Å²) in [7, 11) is -4.25. The first kappa shape index (κ1) is 30.8. The van der Waals surface area contributed by atoms with Crippen LogP contribution in [0.15, 0.2) is 77.7 Å². The number of sulfonamides is 1. The summed E-state index contributed by atoms with van der Waals surface area (Å²) < 4.78 is 28.5. The van der Waals surface area contributed by atoms with E-state index < -0.39 is 28.5 Å². The SMILES string of the molecule is CC[C@H](C)NC(=O)[C@@H](C)N(Cc1cccc(Cl)c1)C(=O)CN(c1cc(Cl)ccc1Cl)S(=O)(=O)c1ccccc1. The zero-order chi connectivity index (χ0) is 28.7. The van der Waals surface area contributed by atoms with Gasteiger partial charge < -0.3 is 10.2 Å². The van der Waals surface area contributed by atoms with E-state index in [4.69, 9.17) is 34.8 Å². The molecule has 7 nitrogen and oxygen atoms in total. The highest BCUT2D eigenvalue weighted by molar-refractivity contribution is 7.92. The van der Waals surface area contributed by atoms with E-state index >= 15 is 0 Å². The van der Waals surface area contributed by atoms with Crippen molar-refractivity contribution < 1.29 is 18.0 Å². The molecule has 0 bridgehead atoms. The fourth-order valence-corrected chi connectivity index (χ4v) is 5.88. The van der Waals surface area contributed by atoms with Crippen LogP contribution in [0.4, 0.5) is 5.69 Å². The fourth-order valence-electron chi connectivity index (χ4n) is 3.79. The maximum atomic E-state index is 13.9. The molecule has 11 heteroatoms. The Balaban J connectivity index is 2.06. The van der Waals surface area contributed by atoms with Gasteiger partial charge in [-0.25, -0.2) is 8.42 Å². The lowest BCUT2D eigenvalue weighted by Crippen LogP contribution is -2.52. The first-order valence-electron chi connectivity index (χ1n) is 12.3. The second-order valence-electron chi connectivity index (χ2n) is 9.07. The van der Waals surface area contributed by atoms with Crippen molar-refractivity contribution in [1.29, 1.82) is 0 Å². The van der Waals surface area contributed by atoms with Crippen LogP contribution in [0.1, 0.15) is 32.8 Å². The summed E-state index contributed by atoms with van der Waals surface area (Å²) in [6, 6.07) is 18.0. The summed E-state index contributed by atoms with van der Waals surface area (Å²) >= 11 is 18.8. The van der Waals surface area contributed by atoms with Gasteiger partial charge >= 0.3 is 0 Å². The second-order valence-corrected chi connectivity index (χ2v) is 12.2. The molecule has 0 unspecified atom stereocenters. The molecule has 0 heterocycles. The van der Waals surface area contributed by atoms with Crippen molar-refractivity contribution in [2.24, 2.45) is 0 Å². The number of hydrogen-bond donors (Lipinski definition) is 1. The molecule has 0 saturated heterocycles. The monoisotopic (exact) mass is 609 g/mol. The van der Waals surface area contributed by atoms with Crippen LogP contribution in [0.25, 0.3) is 0 Å². The molecule has 208 valence electrons. The van der Waals surface area contributed by atoms with E-state index in [0.717, 1.165) is 4.31 Å². The Morgan fingerprint density at radius 2 is 1.56 bits per heavy atom. The summed E-state index contributed by atoms with van der Waals surface area (Å²) in [6.45, 7) is 4.80. The standard InChI is InChI=1S/C28H30Cl3N3O4S/c1-4-19(2)32-28(36)20(3)33(17-21-9-8-10-22(29)15-21)27(35)18-34(26-16-23(30)13-14-25(26)31)39(37,38)24-11-6-5-7-12-24/h5-16,19-20H,4,17-18H2,1-3H3,(H,32,36)/t19-,20+/m0/s1. The minimum absolute atomic E-state index is 0.0248. The number of amides is 2. The van der Waals surface area contributed by atoms with Gasteiger partial charge in [0.1, 0.15) is 12.6 Å². The lowest BCUT2D eigenvalue weighted by molar-refractivity contribution is -0.139. The van der Waals surface area contributed by atoms with E-state index in [1.165, 1.54) is 35.2 Å². The first-order valence-corrected chi connectivity index (χ1v) is 14.9. The van der Waals surface area contributed by atoms with E-state index in [1.54, 1.807) is 49.4 Å². The second kappa shape index (κ2) is 13.5. The molecule has 0 radical (unpaired) electrons. The summed E-state index contributed by atoms with van der Waals surface area (Å²) in [5.41, 5.74) is 0.720. The normalized spacial score (nSPS) is 12.9. The van der Waals surface area contributed by atoms with Crippen molar-refractivity contribution in [2.45, 2.75) is 50.7 Å². The predicted molar refractivity (Wildman–Crippen MR) is 157 cm³/mol. The van der Waals surface area contributed by atoms with E-state index in [0.29, 0.717) is 17.0 Å². The van der Waals surface area contributed by atoms with Crippen LogP contribution < -0.4 is 9.62 Å². The van der Waals surface area contributed by atoms with Gasteiger partial charge in [-0.1, -0.05) is 72.1 Å². The largest absolute Gasteiger partial charge is 0.352 e. The number of rotatable bonds is 11. The third-order valence-corrected chi connectivity index (χ3v) is 8.76. The number of carbonyl (C=O) groups is 2. The molecule has 3 rings (SSSR count). The van der Waals surface area contributed by atoms with Crippen LogP contribution in [0.5, 0.6) is 0 Å². The van der Waals surface area contributed by atoms with Crippen molar-refractivity contribution in [3.63, 3.8) is 0 Å². The maximum Gasteiger partial charge on any atom is 0.264 e. The highest BCUT2D eigenvalue weighted by Crippen LogP contribution is 2.33. The molecular weight excluding hydrogens is 581 g/mol. The van der Waals surface area contributed by atoms with Crippen molar-refractivity contribution in [2.75, 3.05) is 10.8 Å². The van der Waals surface area contributed by atoms with Gasteiger partial charge in [0.2, 0.25) is 11.8 Å². The quantitative estimate of drug-likeness (QED) is 0.281. The zero-order valence-corrected chi connectivity index (χ0v) is 24.9. The molecule has 0 aliphatic carbocycles. The Bertz CT molecular complexity index is 1420. The van der Waals surface area contributed by atoms with Crippen LogP contribution in [0.2, 0.25) is 15.1 Å². The van der Waals surface area contributed by atoms with E-state index in [9.17, 15) is 18.0 Å². The topological polar surface area (TPSA) is 86.8 Å². The van der Waals surface area contributed by atoms with Gasteiger partial charge in [0.05, 0.1) is 15.6 Å². The first-order chi connectivity index (χ1) is 18.4. The average Bonchev–Trinajstić information content (AvgIpc) is 2.91. The predicted octanol–water partition coefficient (Wildman–Crippen LogP) is 6.17. The molecular formula is C28H30Cl3N3O4S. The van der Waals surface area contributed by atoms with Crippen molar-refractivity contribution in [1.82, 2.24) is 10.2 Å². The third-order valence-electron chi connectivity index (χ3n) is 6.20. The van der Waals surface area contributed by atoms with E-state index in [2.05, 4.69) is 5.32 Å². The molecule has 0 saturated carbocycles. The Morgan fingerprint density at radius 1 is 0.897 bits per heavy atom. The zero-order valence-electron chi connectivity index (χ0n) is 21.8. The Kier molecular flexibility index (Phi) is 10.7. The van der Waals surface area contributed by atoms with Gasteiger partial charge in [0.15, 0.2) is 0 Å². The number of halogens is 3. The summed E-state index contributed by atoms with van der Waals surface area (Å²) in [5.74, 6) is -0.977. The van der Waals surface area contributed by atoms with Crippen molar-refractivity contribution in [3.05, 3.63) is 93.4 Å². The summed E-state index contributed by atoms with van der Waals surface area (Å²) in [5, 5.41) is 3.69. The summed E-state index contributed by atoms with van der Waals surface area (Å²) in [4.78, 5) is 28.3. The molecule has 0 spiro atoms. The molecule has 0 fully saturated rings. The molecule has 39 heavy (non-hydrogen) atoms. The molecule has 0 aromatic heterocycles. The van der Waals surface area contributed by atoms with Gasteiger partial charge in [0.25, 0.3) is 10.0 Å². The maximum absolute atomic E-state index is 13.9. The smallest absolute Gasteiger partial charge is 0.264 e. The van der Waals surface area contributed by atoms with Gasteiger partial charge in [-0.3, -0.25) is 13.9 Å². The Labute approximate surface area is 244 Å². The van der Waals surface area contributed by atoms with Crippen LogP contribution in [-0.2, 0) is 26.2 Å². The molecule has 3 aromatic rings. The van der Waals surface area contributed by atoms with Crippen LogP contribution in [0, 0.1) is 0 Å². The van der Waals surface area contributed by atoms with Crippen LogP contribution >= 0.6 is 34.8 Å². The van der Waals surface area contributed by atoms with Crippen LogP contribution in [0.3, 0.4) is 0 Å². The number of carbonyl (C=O) groups excluding carboxylic acids is 2. The lowest BCUT2D eigenvalue weighted by Gasteiger charge is -2.32. The number of nitrogens with zero attached hydrogens (tertiary/aromatic N) is 2. The minimum Gasteiger partial charge on any atom is -0.352 e. The van der Waals surface area contributed by atoms with Gasteiger partial charge in [-0.15, -0.1) is 0 Å². The molecule has 0 aliphatic rings. The molecule has 3 aromatic carbocycles. The highest BCUT2D eigenvalue weighted by Gasteiger charge is 2.33. The minimum atomic E-state index is -4.25. The van der Waals surface area contributed by atoms with Gasteiger partial charge in [0, 0.05) is 22.6 Å². The van der Waals surface area contributed by atoms with Gasteiger partial charge in [-0.05, 0) is 68.3 Å². The summed E-state index contributed by atoms with van der Waals surface area (Å²) in [6.07, 6.45) is 0.705.